The van der Waals surface area contributed by atoms with Gasteiger partial charge in [-0.3, -0.25) is 4.79 Å². The fourth-order valence-electron chi connectivity index (χ4n) is 3.89. The first-order chi connectivity index (χ1) is 13.0. The van der Waals surface area contributed by atoms with Gasteiger partial charge in [-0.15, -0.1) is 0 Å². The molecule has 7 heteroatoms. The molecule has 1 amide bonds. The summed E-state index contributed by atoms with van der Waals surface area (Å²) in [4.78, 5) is 12.5. The molecule has 27 heavy (non-hydrogen) atoms. The highest BCUT2D eigenvalue weighted by Gasteiger charge is 2.35. The van der Waals surface area contributed by atoms with Gasteiger partial charge >= 0.3 is 0 Å². The van der Waals surface area contributed by atoms with Crippen LogP contribution in [0.15, 0.2) is 30.3 Å². The Balaban J connectivity index is 1.42. The van der Waals surface area contributed by atoms with E-state index < -0.39 is 10.2 Å². The van der Waals surface area contributed by atoms with Crippen molar-refractivity contribution in [3.8, 4) is 0 Å². The molecular formula is C20H31N3O3S. The van der Waals surface area contributed by atoms with Gasteiger partial charge in [-0.05, 0) is 51.0 Å². The van der Waals surface area contributed by atoms with Crippen molar-refractivity contribution in [3.05, 3.63) is 35.9 Å². The molecule has 2 fully saturated rings. The zero-order chi connectivity index (χ0) is 19.3. The lowest BCUT2D eigenvalue weighted by atomic mass is 9.96. The predicted molar refractivity (Wildman–Crippen MR) is 106 cm³/mol. The molecule has 2 saturated heterocycles. The predicted octanol–water partition coefficient (Wildman–Crippen LogP) is 2.18. The SMILES string of the molecule is C[C@H](CCc1ccccc1)NC(=O)C1CCN(S(=O)(=O)N2CCCC2)CC1. The number of carbonyl (C=O) groups is 1. The van der Waals surface area contributed by atoms with Crippen molar-refractivity contribution in [3.63, 3.8) is 0 Å². The van der Waals surface area contributed by atoms with Gasteiger partial charge in [0.25, 0.3) is 10.2 Å². The third-order valence-electron chi connectivity index (χ3n) is 5.64. The van der Waals surface area contributed by atoms with E-state index in [4.69, 9.17) is 0 Å². The highest BCUT2D eigenvalue weighted by Crippen LogP contribution is 2.24. The Morgan fingerprint density at radius 1 is 1.07 bits per heavy atom. The summed E-state index contributed by atoms with van der Waals surface area (Å²) in [6, 6.07) is 10.4. The van der Waals surface area contributed by atoms with Crippen LogP contribution in [-0.2, 0) is 21.4 Å². The number of aryl methyl sites for hydroxylation is 1. The molecule has 0 radical (unpaired) electrons. The molecule has 1 N–H and O–H groups in total. The maximum absolute atomic E-state index is 12.6. The minimum atomic E-state index is -3.34. The number of hydrogen-bond donors (Lipinski definition) is 1. The molecule has 2 heterocycles. The lowest BCUT2D eigenvalue weighted by Crippen LogP contribution is -2.48. The number of nitrogens with one attached hydrogen (secondary N) is 1. The van der Waals surface area contributed by atoms with E-state index in [-0.39, 0.29) is 17.9 Å². The number of carbonyl (C=O) groups excluding carboxylic acids is 1. The summed E-state index contributed by atoms with van der Waals surface area (Å²) < 4.78 is 28.4. The van der Waals surface area contributed by atoms with E-state index in [1.54, 1.807) is 8.61 Å². The first-order valence-corrected chi connectivity index (χ1v) is 11.5. The van der Waals surface area contributed by atoms with Gasteiger partial charge in [0.15, 0.2) is 0 Å². The average Bonchev–Trinajstić information content (AvgIpc) is 3.23. The van der Waals surface area contributed by atoms with Crippen LogP contribution in [0, 0.1) is 5.92 Å². The summed E-state index contributed by atoms with van der Waals surface area (Å²) >= 11 is 0. The largest absolute Gasteiger partial charge is 0.353 e. The van der Waals surface area contributed by atoms with E-state index in [1.165, 1.54) is 5.56 Å². The molecular weight excluding hydrogens is 362 g/mol. The van der Waals surface area contributed by atoms with Gasteiger partial charge in [0.2, 0.25) is 5.91 Å². The van der Waals surface area contributed by atoms with E-state index >= 15 is 0 Å². The van der Waals surface area contributed by atoms with Crippen LogP contribution in [-0.4, -0.2) is 55.2 Å². The molecule has 3 rings (SSSR count). The fourth-order valence-corrected chi connectivity index (χ4v) is 5.61. The highest BCUT2D eigenvalue weighted by molar-refractivity contribution is 7.86. The average molecular weight is 394 g/mol. The van der Waals surface area contributed by atoms with Gasteiger partial charge in [0.05, 0.1) is 0 Å². The zero-order valence-electron chi connectivity index (χ0n) is 16.1. The first kappa shape index (κ1) is 20.3. The summed E-state index contributed by atoms with van der Waals surface area (Å²) in [5, 5.41) is 3.11. The van der Waals surface area contributed by atoms with Gasteiger partial charge in [0.1, 0.15) is 0 Å². The number of nitrogens with zero attached hydrogens (tertiary/aromatic N) is 2. The van der Waals surface area contributed by atoms with Gasteiger partial charge in [-0.2, -0.15) is 17.0 Å². The minimum absolute atomic E-state index is 0.0637. The summed E-state index contributed by atoms with van der Waals surface area (Å²) in [5.74, 6) is -0.0250. The van der Waals surface area contributed by atoms with Crippen molar-refractivity contribution in [2.75, 3.05) is 26.2 Å². The quantitative estimate of drug-likeness (QED) is 0.772. The second kappa shape index (κ2) is 9.17. The smallest absolute Gasteiger partial charge is 0.281 e. The molecule has 0 aliphatic carbocycles. The fraction of sp³-hybridized carbons (Fsp3) is 0.650. The van der Waals surface area contributed by atoms with E-state index in [0.717, 1.165) is 25.7 Å². The standard InChI is InChI=1S/C20H31N3O3S/c1-17(9-10-18-7-3-2-4-8-18)21-20(24)19-11-15-23(16-12-19)27(25,26)22-13-5-6-14-22/h2-4,7-8,17,19H,5-6,9-16H2,1H3,(H,21,24)/t17-/m1/s1. The topological polar surface area (TPSA) is 69.7 Å². The third-order valence-corrected chi connectivity index (χ3v) is 7.68. The van der Waals surface area contributed by atoms with Crippen LogP contribution in [0.1, 0.15) is 44.6 Å². The summed E-state index contributed by atoms with van der Waals surface area (Å²) in [5.41, 5.74) is 1.28. The van der Waals surface area contributed by atoms with E-state index in [9.17, 15) is 13.2 Å². The Bertz CT molecular complexity index is 709. The molecule has 1 aromatic rings. The van der Waals surface area contributed by atoms with Crippen molar-refractivity contribution in [1.29, 1.82) is 0 Å². The van der Waals surface area contributed by atoms with E-state index in [2.05, 4.69) is 17.4 Å². The molecule has 1 atom stereocenters. The monoisotopic (exact) mass is 393 g/mol. The number of piperidine rings is 1. The maximum Gasteiger partial charge on any atom is 0.281 e. The molecule has 2 aliphatic rings. The Morgan fingerprint density at radius 3 is 2.30 bits per heavy atom. The van der Waals surface area contributed by atoms with Crippen LogP contribution in [0.4, 0.5) is 0 Å². The Morgan fingerprint density at radius 2 is 1.67 bits per heavy atom. The molecule has 0 spiro atoms. The number of rotatable bonds is 7. The van der Waals surface area contributed by atoms with Crippen molar-refractivity contribution in [1.82, 2.24) is 13.9 Å². The van der Waals surface area contributed by atoms with Gasteiger partial charge < -0.3 is 5.32 Å². The van der Waals surface area contributed by atoms with Crippen LogP contribution in [0.5, 0.6) is 0 Å². The molecule has 0 unspecified atom stereocenters. The van der Waals surface area contributed by atoms with Crippen molar-refractivity contribution in [2.24, 2.45) is 5.92 Å². The van der Waals surface area contributed by atoms with Crippen molar-refractivity contribution >= 4 is 16.1 Å². The van der Waals surface area contributed by atoms with Gasteiger partial charge in [-0.25, -0.2) is 0 Å². The normalized spacial score (nSPS) is 21.2. The molecule has 6 nitrogen and oxygen atoms in total. The lowest BCUT2D eigenvalue weighted by Gasteiger charge is -2.33. The van der Waals surface area contributed by atoms with Crippen LogP contribution >= 0.6 is 0 Å². The van der Waals surface area contributed by atoms with Crippen LogP contribution in [0.3, 0.4) is 0 Å². The van der Waals surface area contributed by atoms with E-state index in [1.807, 2.05) is 25.1 Å². The zero-order valence-corrected chi connectivity index (χ0v) is 17.0. The Hall–Kier alpha value is -1.44. The van der Waals surface area contributed by atoms with Crippen LogP contribution in [0.2, 0.25) is 0 Å². The second-order valence-electron chi connectivity index (χ2n) is 7.72. The van der Waals surface area contributed by atoms with Crippen LogP contribution in [0.25, 0.3) is 0 Å². The van der Waals surface area contributed by atoms with E-state index in [0.29, 0.717) is 39.0 Å². The minimum Gasteiger partial charge on any atom is -0.353 e. The summed E-state index contributed by atoms with van der Waals surface area (Å²) in [6.07, 6.45) is 4.93. The molecule has 0 saturated carbocycles. The Labute approximate surface area is 163 Å². The highest BCUT2D eigenvalue weighted by atomic mass is 32.2. The first-order valence-electron chi connectivity index (χ1n) is 10.1. The Kier molecular flexibility index (Phi) is 6.89. The van der Waals surface area contributed by atoms with Crippen molar-refractivity contribution < 1.29 is 13.2 Å². The molecule has 150 valence electrons. The molecule has 2 aliphatic heterocycles. The molecule has 0 aromatic heterocycles. The number of benzene rings is 1. The third kappa shape index (κ3) is 5.30. The maximum atomic E-state index is 12.6. The van der Waals surface area contributed by atoms with Gasteiger partial charge in [-0.1, -0.05) is 30.3 Å². The molecule has 0 bridgehead atoms. The van der Waals surface area contributed by atoms with Gasteiger partial charge in [0, 0.05) is 38.1 Å². The second-order valence-corrected chi connectivity index (χ2v) is 9.65. The number of amides is 1. The molecule has 1 aromatic carbocycles. The number of hydrogen-bond acceptors (Lipinski definition) is 3. The van der Waals surface area contributed by atoms with Crippen molar-refractivity contribution in [2.45, 2.75) is 51.5 Å². The summed E-state index contributed by atoms with van der Waals surface area (Å²) in [6.45, 7) is 4.17. The van der Waals surface area contributed by atoms with Crippen LogP contribution < -0.4 is 5.32 Å². The lowest BCUT2D eigenvalue weighted by molar-refractivity contribution is -0.126. The summed E-state index contributed by atoms with van der Waals surface area (Å²) in [7, 11) is -3.34.